The van der Waals surface area contributed by atoms with Gasteiger partial charge in [-0.25, -0.2) is 4.98 Å². The Bertz CT molecular complexity index is 592. The molecular weight excluding hydrogens is 252 g/mol. The third-order valence-corrected chi connectivity index (χ3v) is 4.48. The Kier molecular flexibility index (Phi) is 3.56. The summed E-state index contributed by atoms with van der Waals surface area (Å²) in [6, 6.07) is 0.449. The highest BCUT2D eigenvalue weighted by atomic mass is 15.3. The molecule has 2 atom stereocenters. The van der Waals surface area contributed by atoms with E-state index in [1.165, 1.54) is 25.7 Å². The normalized spacial score (nSPS) is 23.1. The van der Waals surface area contributed by atoms with Gasteiger partial charge in [-0.1, -0.05) is 12.8 Å². The van der Waals surface area contributed by atoms with Gasteiger partial charge in [0.15, 0.2) is 5.82 Å². The topological polar surface area (TPSA) is 72.3 Å². The van der Waals surface area contributed by atoms with Crippen LogP contribution in [-0.2, 0) is 0 Å². The molecular formula is C14H22N6. The molecule has 2 unspecified atom stereocenters. The molecule has 0 radical (unpaired) electrons. The lowest BCUT2D eigenvalue weighted by Gasteiger charge is -2.38. The minimum Gasteiger partial charge on any atom is -0.353 e. The first-order valence-corrected chi connectivity index (χ1v) is 7.31. The minimum atomic E-state index is 0.449. The predicted molar refractivity (Wildman–Crippen MR) is 78.7 cm³/mol. The summed E-state index contributed by atoms with van der Waals surface area (Å²) in [7, 11) is 2.10. The SMILES string of the molecule is Cc1nnc2c(N(C)C3CCCCC3CN)nccn12. The Morgan fingerprint density at radius 3 is 2.95 bits per heavy atom. The Hall–Kier alpha value is -1.69. The fourth-order valence-electron chi connectivity index (χ4n) is 3.31. The maximum absolute atomic E-state index is 5.95. The van der Waals surface area contributed by atoms with Gasteiger partial charge in [-0.15, -0.1) is 10.2 Å². The van der Waals surface area contributed by atoms with Crippen molar-refractivity contribution in [2.24, 2.45) is 11.7 Å². The van der Waals surface area contributed by atoms with E-state index in [4.69, 9.17) is 5.73 Å². The van der Waals surface area contributed by atoms with Crippen LogP contribution in [0.4, 0.5) is 5.82 Å². The van der Waals surface area contributed by atoms with Crippen molar-refractivity contribution >= 4 is 11.5 Å². The van der Waals surface area contributed by atoms with Crippen LogP contribution in [0.2, 0.25) is 0 Å². The summed E-state index contributed by atoms with van der Waals surface area (Å²) in [5.74, 6) is 2.33. The summed E-state index contributed by atoms with van der Waals surface area (Å²) in [5.41, 5.74) is 6.77. The highest BCUT2D eigenvalue weighted by Crippen LogP contribution is 2.30. The number of nitrogens with zero attached hydrogens (tertiary/aromatic N) is 5. The summed E-state index contributed by atoms with van der Waals surface area (Å²) in [5, 5.41) is 8.41. The van der Waals surface area contributed by atoms with Crippen LogP contribution in [0.5, 0.6) is 0 Å². The number of aromatic nitrogens is 4. The monoisotopic (exact) mass is 274 g/mol. The zero-order chi connectivity index (χ0) is 14.1. The van der Waals surface area contributed by atoms with Gasteiger partial charge in [0, 0.05) is 25.5 Å². The molecule has 0 saturated heterocycles. The third-order valence-electron chi connectivity index (χ3n) is 4.48. The molecule has 0 bridgehead atoms. The van der Waals surface area contributed by atoms with Gasteiger partial charge in [0.1, 0.15) is 5.82 Å². The Balaban J connectivity index is 1.97. The van der Waals surface area contributed by atoms with Gasteiger partial charge < -0.3 is 10.6 Å². The van der Waals surface area contributed by atoms with E-state index in [-0.39, 0.29) is 0 Å². The molecule has 0 amide bonds. The second-order valence-corrected chi connectivity index (χ2v) is 5.65. The molecule has 20 heavy (non-hydrogen) atoms. The molecule has 2 heterocycles. The van der Waals surface area contributed by atoms with E-state index in [1.54, 1.807) is 0 Å². The summed E-state index contributed by atoms with van der Waals surface area (Å²) >= 11 is 0. The second kappa shape index (κ2) is 5.36. The van der Waals surface area contributed by atoms with Crippen LogP contribution in [0.1, 0.15) is 31.5 Å². The molecule has 6 nitrogen and oxygen atoms in total. The number of nitrogens with two attached hydrogens (primary N) is 1. The number of anilines is 1. The van der Waals surface area contributed by atoms with Crippen molar-refractivity contribution in [3.63, 3.8) is 0 Å². The Morgan fingerprint density at radius 2 is 2.15 bits per heavy atom. The standard InChI is InChI=1S/C14H22N6/c1-10-17-18-14-13(16-7-8-20(10)14)19(2)12-6-4-3-5-11(12)9-15/h7-8,11-12H,3-6,9,15H2,1-2H3. The van der Waals surface area contributed by atoms with Crippen LogP contribution in [0.15, 0.2) is 12.4 Å². The van der Waals surface area contributed by atoms with Crippen LogP contribution < -0.4 is 10.6 Å². The number of aryl methyl sites for hydroxylation is 1. The first-order valence-electron chi connectivity index (χ1n) is 7.31. The molecule has 108 valence electrons. The molecule has 0 aromatic carbocycles. The molecule has 2 aromatic rings. The number of hydrogen-bond donors (Lipinski definition) is 1. The lowest BCUT2D eigenvalue weighted by Crippen LogP contribution is -2.43. The van der Waals surface area contributed by atoms with Crippen LogP contribution in [0.3, 0.4) is 0 Å². The Labute approximate surface area is 119 Å². The zero-order valence-corrected chi connectivity index (χ0v) is 12.2. The average molecular weight is 274 g/mol. The van der Waals surface area contributed by atoms with Gasteiger partial charge in [0.25, 0.3) is 0 Å². The van der Waals surface area contributed by atoms with Crippen molar-refractivity contribution in [1.82, 2.24) is 19.6 Å². The van der Waals surface area contributed by atoms with Crippen molar-refractivity contribution in [3.8, 4) is 0 Å². The van der Waals surface area contributed by atoms with Crippen molar-refractivity contribution in [3.05, 3.63) is 18.2 Å². The van der Waals surface area contributed by atoms with Gasteiger partial charge in [-0.3, -0.25) is 4.40 Å². The zero-order valence-electron chi connectivity index (χ0n) is 12.2. The summed E-state index contributed by atoms with van der Waals surface area (Å²) in [6.45, 7) is 2.69. The van der Waals surface area contributed by atoms with E-state index in [1.807, 2.05) is 23.7 Å². The smallest absolute Gasteiger partial charge is 0.203 e. The first-order chi connectivity index (χ1) is 9.72. The molecule has 2 aromatic heterocycles. The highest BCUT2D eigenvalue weighted by molar-refractivity contribution is 5.63. The van der Waals surface area contributed by atoms with Crippen LogP contribution in [0.25, 0.3) is 5.65 Å². The molecule has 0 aliphatic heterocycles. The van der Waals surface area contributed by atoms with Gasteiger partial charge in [0.2, 0.25) is 5.65 Å². The van der Waals surface area contributed by atoms with Crippen LogP contribution in [0, 0.1) is 12.8 Å². The van der Waals surface area contributed by atoms with Gasteiger partial charge in [-0.2, -0.15) is 0 Å². The lowest BCUT2D eigenvalue weighted by molar-refractivity contribution is 0.305. The van der Waals surface area contributed by atoms with Crippen LogP contribution in [-0.4, -0.2) is 39.2 Å². The maximum Gasteiger partial charge on any atom is 0.203 e. The Morgan fingerprint density at radius 1 is 1.35 bits per heavy atom. The quantitative estimate of drug-likeness (QED) is 0.915. The molecule has 1 aliphatic carbocycles. The molecule has 6 heteroatoms. The van der Waals surface area contributed by atoms with Gasteiger partial charge in [-0.05, 0) is 32.2 Å². The molecule has 1 fully saturated rings. The number of fused-ring (bicyclic) bond motifs is 1. The molecule has 3 rings (SSSR count). The largest absolute Gasteiger partial charge is 0.353 e. The molecule has 1 saturated carbocycles. The van der Waals surface area contributed by atoms with Crippen molar-refractivity contribution in [1.29, 1.82) is 0 Å². The highest BCUT2D eigenvalue weighted by Gasteiger charge is 2.29. The summed E-state index contributed by atoms with van der Waals surface area (Å²) < 4.78 is 1.99. The van der Waals surface area contributed by atoms with Crippen molar-refractivity contribution < 1.29 is 0 Å². The predicted octanol–water partition coefficient (Wildman–Crippen LogP) is 1.39. The molecule has 2 N–H and O–H groups in total. The van der Waals surface area contributed by atoms with E-state index >= 15 is 0 Å². The second-order valence-electron chi connectivity index (χ2n) is 5.65. The first kappa shape index (κ1) is 13.3. The van der Waals surface area contributed by atoms with E-state index in [9.17, 15) is 0 Å². The van der Waals surface area contributed by atoms with E-state index in [0.717, 1.165) is 23.8 Å². The number of hydrogen-bond acceptors (Lipinski definition) is 5. The van der Waals surface area contributed by atoms with E-state index in [2.05, 4.69) is 27.1 Å². The third kappa shape index (κ3) is 2.14. The maximum atomic E-state index is 5.95. The van der Waals surface area contributed by atoms with Gasteiger partial charge in [0.05, 0.1) is 0 Å². The van der Waals surface area contributed by atoms with Crippen molar-refractivity contribution in [2.45, 2.75) is 38.6 Å². The lowest BCUT2D eigenvalue weighted by atomic mass is 9.84. The molecule has 1 aliphatic rings. The van der Waals surface area contributed by atoms with E-state index < -0.39 is 0 Å². The van der Waals surface area contributed by atoms with E-state index in [0.29, 0.717) is 12.0 Å². The summed E-state index contributed by atoms with van der Waals surface area (Å²) in [6.07, 6.45) is 8.65. The summed E-state index contributed by atoms with van der Waals surface area (Å²) in [4.78, 5) is 6.78. The minimum absolute atomic E-state index is 0.449. The molecule has 0 spiro atoms. The fourth-order valence-corrected chi connectivity index (χ4v) is 3.31. The average Bonchev–Trinajstić information content (AvgIpc) is 2.88. The van der Waals surface area contributed by atoms with Gasteiger partial charge >= 0.3 is 0 Å². The fraction of sp³-hybridized carbons (Fsp3) is 0.643. The van der Waals surface area contributed by atoms with Crippen LogP contribution >= 0.6 is 0 Å². The number of rotatable bonds is 3. The van der Waals surface area contributed by atoms with Crippen molar-refractivity contribution in [2.75, 3.05) is 18.5 Å².